The van der Waals surface area contributed by atoms with Gasteiger partial charge in [-0.25, -0.2) is 4.79 Å². The first-order valence-corrected chi connectivity index (χ1v) is 6.00. The molecule has 0 bridgehead atoms. The summed E-state index contributed by atoms with van der Waals surface area (Å²) in [5.74, 6) is 0. The third kappa shape index (κ3) is 2.42. The van der Waals surface area contributed by atoms with E-state index in [1.54, 1.807) is 11.9 Å². The average Bonchev–Trinajstić information content (AvgIpc) is 2.30. The number of anilines is 1. The van der Waals surface area contributed by atoms with Crippen molar-refractivity contribution in [2.75, 3.05) is 18.9 Å². The van der Waals surface area contributed by atoms with Crippen molar-refractivity contribution in [1.29, 1.82) is 0 Å². The maximum atomic E-state index is 11.5. The van der Waals surface area contributed by atoms with Crippen LogP contribution in [0.1, 0.15) is 31.0 Å². The zero-order valence-electron chi connectivity index (χ0n) is 10.6. The van der Waals surface area contributed by atoms with Crippen LogP contribution in [0.3, 0.4) is 0 Å². The topological polar surface area (TPSA) is 44.4 Å². The molecule has 4 heteroatoms. The van der Waals surface area contributed by atoms with E-state index >= 15 is 0 Å². The Morgan fingerprint density at radius 3 is 3.00 bits per heavy atom. The fourth-order valence-corrected chi connectivity index (χ4v) is 2.10. The van der Waals surface area contributed by atoms with Crippen molar-refractivity contribution in [3.05, 3.63) is 29.3 Å². The standard InChI is InChI=1S/C13H19N3O/c1-4-14-9(2)10-5-6-12-11(7-10)8-16(3)13(17)15-12/h5-7,9,14H,4,8H2,1-3H3,(H,15,17). The molecule has 2 N–H and O–H groups in total. The smallest absolute Gasteiger partial charge is 0.321 e. The van der Waals surface area contributed by atoms with E-state index in [2.05, 4.69) is 36.6 Å². The van der Waals surface area contributed by atoms with Gasteiger partial charge >= 0.3 is 6.03 Å². The van der Waals surface area contributed by atoms with Crippen LogP contribution in [-0.4, -0.2) is 24.5 Å². The summed E-state index contributed by atoms with van der Waals surface area (Å²) in [4.78, 5) is 13.2. The molecule has 4 nitrogen and oxygen atoms in total. The quantitative estimate of drug-likeness (QED) is 0.841. The Balaban J connectivity index is 2.25. The van der Waals surface area contributed by atoms with Gasteiger partial charge in [-0.15, -0.1) is 0 Å². The number of urea groups is 1. The van der Waals surface area contributed by atoms with Crippen molar-refractivity contribution in [3.8, 4) is 0 Å². The first-order chi connectivity index (χ1) is 8.11. The highest BCUT2D eigenvalue weighted by molar-refractivity contribution is 5.92. The maximum absolute atomic E-state index is 11.5. The number of nitrogens with zero attached hydrogens (tertiary/aromatic N) is 1. The van der Waals surface area contributed by atoms with Crippen LogP contribution in [0.2, 0.25) is 0 Å². The first kappa shape index (κ1) is 11.9. The second kappa shape index (κ2) is 4.75. The summed E-state index contributed by atoms with van der Waals surface area (Å²) in [7, 11) is 1.80. The summed E-state index contributed by atoms with van der Waals surface area (Å²) in [6.45, 7) is 5.88. The number of carbonyl (C=O) groups excluding carboxylic acids is 1. The normalized spacial score (nSPS) is 16.4. The van der Waals surface area contributed by atoms with Gasteiger partial charge in [-0.2, -0.15) is 0 Å². The van der Waals surface area contributed by atoms with E-state index in [9.17, 15) is 4.79 Å². The largest absolute Gasteiger partial charge is 0.323 e. The average molecular weight is 233 g/mol. The monoisotopic (exact) mass is 233 g/mol. The summed E-state index contributed by atoms with van der Waals surface area (Å²) in [5.41, 5.74) is 3.37. The van der Waals surface area contributed by atoms with Gasteiger partial charge in [0, 0.05) is 25.3 Å². The fourth-order valence-electron chi connectivity index (χ4n) is 2.10. The molecule has 1 aliphatic heterocycles. The molecule has 0 spiro atoms. The van der Waals surface area contributed by atoms with Crippen molar-refractivity contribution in [2.24, 2.45) is 0 Å². The maximum Gasteiger partial charge on any atom is 0.321 e. The Hall–Kier alpha value is -1.55. The van der Waals surface area contributed by atoms with Crippen LogP contribution in [0.15, 0.2) is 18.2 Å². The van der Waals surface area contributed by atoms with E-state index in [0.29, 0.717) is 12.6 Å². The molecular formula is C13H19N3O. The van der Waals surface area contributed by atoms with Gasteiger partial charge in [0.1, 0.15) is 0 Å². The molecule has 0 saturated carbocycles. The highest BCUT2D eigenvalue weighted by Gasteiger charge is 2.19. The Kier molecular flexibility index (Phi) is 3.33. The van der Waals surface area contributed by atoms with Crippen LogP contribution in [0.25, 0.3) is 0 Å². The number of fused-ring (bicyclic) bond motifs is 1. The number of benzene rings is 1. The molecule has 92 valence electrons. The Morgan fingerprint density at radius 2 is 2.29 bits per heavy atom. The lowest BCUT2D eigenvalue weighted by Crippen LogP contribution is -2.35. The molecule has 0 aliphatic carbocycles. The minimum atomic E-state index is -0.0371. The van der Waals surface area contributed by atoms with Crippen LogP contribution in [-0.2, 0) is 6.54 Å². The lowest BCUT2D eigenvalue weighted by molar-refractivity contribution is 0.218. The fraction of sp³-hybridized carbons (Fsp3) is 0.462. The van der Waals surface area contributed by atoms with E-state index in [1.165, 1.54) is 11.1 Å². The molecule has 1 aromatic carbocycles. The lowest BCUT2D eigenvalue weighted by Gasteiger charge is -2.27. The van der Waals surface area contributed by atoms with E-state index in [0.717, 1.165) is 12.2 Å². The highest BCUT2D eigenvalue weighted by Crippen LogP contribution is 2.25. The van der Waals surface area contributed by atoms with Gasteiger partial charge in [-0.3, -0.25) is 0 Å². The Morgan fingerprint density at radius 1 is 1.53 bits per heavy atom. The molecule has 1 aliphatic rings. The zero-order valence-corrected chi connectivity index (χ0v) is 10.6. The minimum Gasteiger partial charge on any atom is -0.323 e. The van der Waals surface area contributed by atoms with Crippen LogP contribution in [0, 0.1) is 0 Å². The van der Waals surface area contributed by atoms with Crippen LogP contribution in [0.4, 0.5) is 10.5 Å². The molecule has 2 rings (SSSR count). The van der Waals surface area contributed by atoms with Gasteiger partial charge in [0.05, 0.1) is 0 Å². The van der Waals surface area contributed by atoms with Gasteiger partial charge < -0.3 is 15.5 Å². The van der Waals surface area contributed by atoms with Gasteiger partial charge in [-0.1, -0.05) is 19.1 Å². The summed E-state index contributed by atoms with van der Waals surface area (Å²) in [6.07, 6.45) is 0. The van der Waals surface area contributed by atoms with Crippen LogP contribution < -0.4 is 10.6 Å². The van der Waals surface area contributed by atoms with Crippen molar-refractivity contribution >= 4 is 11.7 Å². The van der Waals surface area contributed by atoms with Crippen LogP contribution in [0.5, 0.6) is 0 Å². The highest BCUT2D eigenvalue weighted by atomic mass is 16.2. The van der Waals surface area contributed by atoms with Crippen molar-refractivity contribution < 1.29 is 4.79 Å². The minimum absolute atomic E-state index is 0.0371. The molecule has 1 heterocycles. The molecule has 0 radical (unpaired) electrons. The molecule has 17 heavy (non-hydrogen) atoms. The van der Waals surface area contributed by atoms with Gasteiger partial charge in [0.15, 0.2) is 0 Å². The molecule has 1 aromatic rings. The number of hydrogen-bond acceptors (Lipinski definition) is 2. The molecular weight excluding hydrogens is 214 g/mol. The third-order valence-corrected chi connectivity index (χ3v) is 3.14. The second-order valence-corrected chi connectivity index (χ2v) is 4.48. The summed E-state index contributed by atoms with van der Waals surface area (Å²) < 4.78 is 0. The van der Waals surface area contributed by atoms with Crippen molar-refractivity contribution in [1.82, 2.24) is 10.2 Å². The Labute approximate surface area is 102 Å². The SMILES string of the molecule is CCNC(C)c1ccc2c(c1)CN(C)C(=O)N2. The van der Waals surface area contributed by atoms with Gasteiger partial charge in [-0.05, 0) is 30.7 Å². The number of rotatable bonds is 3. The summed E-state index contributed by atoms with van der Waals surface area (Å²) in [6, 6.07) is 6.53. The molecule has 1 atom stereocenters. The second-order valence-electron chi connectivity index (χ2n) is 4.48. The van der Waals surface area contributed by atoms with Crippen molar-refractivity contribution in [2.45, 2.75) is 26.4 Å². The van der Waals surface area contributed by atoms with E-state index in [-0.39, 0.29) is 6.03 Å². The molecule has 0 aromatic heterocycles. The number of nitrogens with one attached hydrogen (secondary N) is 2. The molecule has 2 amide bonds. The number of amides is 2. The van der Waals surface area contributed by atoms with Gasteiger partial charge in [0.25, 0.3) is 0 Å². The van der Waals surface area contributed by atoms with E-state index in [4.69, 9.17) is 0 Å². The molecule has 0 fully saturated rings. The third-order valence-electron chi connectivity index (χ3n) is 3.14. The summed E-state index contributed by atoms with van der Waals surface area (Å²) >= 11 is 0. The van der Waals surface area contributed by atoms with E-state index < -0.39 is 0 Å². The number of carbonyl (C=O) groups is 1. The van der Waals surface area contributed by atoms with Crippen molar-refractivity contribution in [3.63, 3.8) is 0 Å². The number of hydrogen-bond donors (Lipinski definition) is 2. The van der Waals surface area contributed by atoms with Crippen LogP contribution >= 0.6 is 0 Å². The van der Waals surface area contributed by atoms with E-state index in [1.807, 2.05) is 6.07 Å². The molecule has 1 unspecified atom stereocenters. The zero-order chi connectivity index (χ0) is 12.4. The van der Waals surface area contributed by atoms with Gasteiger partial charge in [0.2, 0.25) is 0 Å². The summed E-state index contributed by atoms with van der Waals surface area (Å²) in [5, 5.41) is 6.26. The predicted molar refractivity (Wildman–Crippen MR) is 69.0 cm³/mol. The Bertz CT molecular complexity index is 431. The lowest BCUT2D eigenvalue weighted by atomic mass is 10.0. The molecule has 0 saturated heterocycles. The predicted octanol–water partition coefficient (Wildman–Crippen LogP) is 2.33. The first-order valence-electron chi connectivity index (χ1n) is 6.00.